The fourth-order valence-corrected chi connectivity index (χ4v) is 4.46. The van der Waals surface area contributed by atoms with E-state index in [1.54, 1.807) is 29.7 Å². The predicted molar refractivity (Wildman–Crippen MR) is 156 cm³/mol. The number of para-hydroxylation sites is 1. The first-order chi connectivity index (χ1) is 22.4. The summed E-state index contributed by atoms with van der Waals surface area (Å²) in [5, 5.41) is 30.5. The Bertz CT molecular complexity index is 1520. The number of hydroxylamine groups is 1. The Balaban J connectivity index is 0.000000479. The van der Waals surface area contributed by atoms with Gasteiger partial charge < -0.3 is 25.6 Å². The third-order valence-corrected chi connectivity index (χ3v) is 6.73. The summed E-state index contributed by atoms with van der Waals surface area (Å²) in [7, 11) is 0. The lowest BCUT2D eigenvalue weighted by atomic mass is 9.88. The molecule has 12 nitrogen and oxygen atoms in total. The minimum Gasteiger partial charge on any atom is -0.489 e. The average molecular weight is 691 g/mol. The SMILES string of the molecule is Cc1cc(COc2ccc(C(=O)NC(CC(=O)NO)C3CCNCC3)cc2)c2ccccc2n1.O=C(O)C(F)(F)F.O=C(O)C(F)(F)F. The van der Waals surface area contributed by atoms with E-state index in [0.717, 1.165) is 48.1 Å². The highest BCUT2D eigenvalue weighted by Crippen LogP contribution is 2.22. The third kappa shape index (κ3) is 13.0. The van der Waals surface area contributed by atoms with Crippen LogP contribution in [0.15, 0.2) is 54.6 Å². The molecule has 1 fully saturated rings. The van der Waals surface area contributed by atoms with Gasteiger partial charge in [-0.05, 0) is 75.2 Å². The fourth-order valence-electron chi connectivity index (χ4n) is 4.46. The molecular weight excluding hydrogens is 658 g/mol. The molecule has 1 aliphatic heterocycles. The van der Waals surface area contributed by atoms with Gasteiger partial charge in [-0.3, -0.25) is 19.8 Å². The summed E-state index contributed by atoms with van der Waals surface area (Å²) in [4.78, 5) is 47.0. The molecular formula is C30H32F6N4O8. The molecule has 18 heteroatoms. The number of carbonyl (C=O) groups excluding carboxylic acids is 2. The average Bonchev–Trinajstić information content (AvgIpc) is 3.03. The van der Waals surface area contributed by atoms with Gasteiger partial charge in [-0.15, -0.1) is 0 Å². The van der Waals surface area contributed by atoms with Crippen molar-refractivity contribution in [2.24, 2.45) is 5.92 Å². The molecule has 1 unspecified atom stereocenters. The number of halogens is 6. The zero-order valence-corrected chi connectivity index (χ0v) is 25.2. The van der Waals surface area contributed by atoms with Crippen molar-refractivity contribution in [3.8, 4) is 5.75 Å². The van der Waals surface area contributed by atoms with Gasteiger partial charge in [0.05, 0.1) is 5.52 Å². The number of aliphatic carboxylic acids is 2. The van der Waals surface area contributed by atoms with Crippen molar-refractivity contribution in [3.05, 3.63) is 71.4 Å². The molecule has 1 atom stereocenters. The minimum atomic E-state index is -5.08. The van der Waals surface area contributed by atoms with Crippen LogP contribution in [0.25, 0.3) is 10.9 Å². The number of carboxylic acid groups (broad SMARTS) is 2. The number of nitrogens with one attached hydrogen (secondary N) is 3. The van der Waals surface area contributed by atoms with E-state index in [-0.39, 0.29) is 24.3 Å². The van der Waals surface area contributed by atoms with Crippen LogP contribution in [0.3, 0.4) is 0 Å². The Morgan fingerprint density at radius 1 is 0.938 bits per heavy atom. The lowest BCUT2D eigenvalue weighted by molar-refractivity contribution is -0.193. The summed E-state index contributed by atoms with van der Waals surface area (Å²) in [5.41, 5.74) is 5.08. The van der Waals surface area contributed by atoms with Crippen molar-refractivity contribution in [1.82, 2.24) is 21.1 Å². The number of amides is 2. The van der Waals surface area contributed by atoms with Crippen LogP contribution >= 0.6 is 0 Å². The number of aromatic nitrogens is 1. The van der Waals surface area contributed by atoms with Gasteiger partial charge in [-0.25, -0.2) is 15.1 Å². The number of carbonyl (C=O) groups is 4. The first-order valence-corrected chi connectivity index (χ1v) is 14.0. The standard InChI is InChI=1S/C26H30N4O4.2C2HF3O2/c1-17-14-20(22-4-2-3-5-23(22)28-17)16-34-21-8-6-19(7-9-21)26(32)29-24(15-25(31)30-33)18-10-12-27-13-11-18;2*3-2(4,5)1(6)7/h2-9,14,18,24,27,33H,10-13,15-16H2,1H3,(H,29,32)(H,30,31);2*(H,6,7). The second-order valence-corrected chi connectivity index (χ2v) is 10.3. The van der Waals surface area contributed by atoms with Gasteiger partial charge in [0, 0.05) is 34.7 Å². The fraction of sp³-hybridized carbons (Fsp3) is 0.367. The van der Waals surface area contributed by atoms with E-state index in [4.69, 9.17) is 29.7 Å². The molecule has 0 radical (unpaired) electrons. The molecule has 4 rings (SSSR count). The zero-order valence-electron chi connectivity index (χ0n) is 25.2. The van der Waals surface area contributed by atoms with Crippen LogP contribution in [0.5, 0.6) is 5.75 Å². The van der Waals surface area contributed by atoms with E-state index in [1.807, 2.05) is 37.3 Å². The summed E-state index contributed by atoms with van der Waals surface area (Å²) >= 11 is 0. The summed E-state index contributed by atoms with van der Waals surface area (Å²) in [6.45, 7) is 4.04. The molecule has 1 aliphatic rings. The number of rotatable bonds is 8. The van der Waals surface area contributed by atoms with Gasteiger partial charge in [-0.1, -0.05) is 18.2 Å². The summed E-state index contributed by atoms with van der Waals surface area (Å²) in [6, 6.07) is 16.6. The Kier molecular flexibility index (Phi) is 14.5. The van der Waals surface area contributed by atoms with Gasteiger partial charge in [0.15, 0.2) is 0 Å². The van der Waals surface area contributed by atoms with Gasteiger partial charge in [0.25, 0.3) is 5.91 Å². The van der Waals surface area contributed by atoms with Crippen LogP contribution in [-0.4, -0.2) is 75.6 Å². The number of benzene rings is 2. The number of hydrogen-bond acceptors (Lipinski definition) is 8. The normalized spacial score (nSPS) is 13.9. The number of alkyl halides is 6. The first-order valence-electron chi connectivity index (χ1n) is 14.0. The third-order valence-electron chi connectivity index (χ3n) is 6.73. The summed E-state index contributed by atoms with van der Waals surface area (Å²) in [6.07, 6.45) is -8.41. The van der Waals surface area contributed by atoms with Crippen molar-refractivity contribution in [3.63, 3.8) is 0 Å². The van der Waals surface area contributed by atoms with Crippen LogP contribution in [-0.2, 0) is 21.0 Å². The molecule has 1 saturated heterocycles. The highest BCUT2D eigenvalue weighted by molar-refractivity contribution is 5.94. The van der Waals surface area contributed by atoms with Crippen LogP contribution in [0, 0.1) is 12.8 Å². The Labute approximate surface area is 269 Å². The monoisotopic (exact) mass is 690 g/mol. The second-order valence-electron chi connectivity index (χ2n) is 10.3. The minimum absolute atomic E-state index is 0.0351. The van der Waals surface area contributed by atoms with Crippen LogP contribution in [0.2, 0.25) is 0 Å². The van der Waals surface area contributed by atoms with E-state index in [1.165, 1.54) is 0 Å². The molecule has 0 aliphatic carbocycles. The molecule has 2 aromatic carbocycles. The second kappa shape index (κ2) is 17.8. The molecule has 262 valence electrons. The van der Waals surface area contributed by atoms with E-state index < -0.39 is 30.2 Å². The van der Waals surface area contributed by atoms with E-state index in [0.29, 0.717) is 17.9 Å². The maximum atomic E-state index is 12.9. The molecule has 3 aromatic rings. The molecule has 0 bridgehead atoms. The van der Waals surface area contributed by atoms with E-state index in [9.17, 15) is 35.9 Å². The lowest BCUT2D eigenvalue weighted by Gasteiger charge is -2.31. The van der Waals surface area contributed by atoms with E-state index in [2.05, 4.69) is 15.6 Å². The number of ether oxygens (including phenoxy) is 1. The Morgan fingerprint density at radius 3 is 2.00 bits per heavy atom. The van der Waals surface area contributed by atoms with Crippen molar-refractivity contribution in [1.29, 1.82) is 0 Å². The van der Waals surface area contributed by atoms with Crippen molar-refractivity contribution in [2.45, 2.75) is 51.2 Å². The molecule has 1 aromatic heterocycles. The van der Waals surface area contributed by atoms with Gasteiger partial charge in [-0.2, -0.15) is 26.3 Å². The van der Waals surface area contributed by atoms with Crippen LogP contribution in [0.1, 0.15) is 40.9 Å². The van der Waals surface area contributed by atoms with Crippen molar-refractivity contribution < 1.29 is 65.7 Å². The molecule has 0 saturated carbocycles. The summed E-state index contributed by atoms with van der Waals surface area (Å²) in [5.74, 6) is -5.45. The highest BCUT2D eigenvalue weighted by atomic mass is 19.4. The van der Waals surface area contributed by atoms with Gasteiger partial charge in [0.2, 0.25) is 5.91 Å². The number of fused-ring (bicyclic) bond motifs is 1. The molecule has 0 spiro atoms. The van der Waals surface area contributed by atoms with E-state index >= 15 is 0 Å². The Morgan fingerprint density at radius 2 is 1.48 bits per heavy atom. The number of nitrogens with zero attached hydrogens (tertiary/aromatic N) is 1. The molecule has 48 heavy (non-hydrogen) atoms. The lowest BCUT2D eigenvalue weighted by Crippen LogP contribution is -2.46. The first kappa shape index (κ1) is 39.2. The molecule has 2 heterocycles. The zero-order chi connectivity index (χ0) is 36.1. The highest BCUT2D eigenvalue weighted by Gasteiger charge is 2.39. The van der Waals surface area contributed by atoms with Crippen molar-refractivity contribution >= 4 is 34.7 Å². The number of piperidine rings is 1. The largest absolute Gasteiger partial charge is 0.490 e. The maximum Gasteiger partial charge on any atom is 0.490 e. The molecule has 6 N–H and O–H groups in total. The van der Waals surface area contributed by atoms with Gasteiger partial charge in [0.1, 0.15) is 12.4 Å². The predicted octanol–water partition coefficient (Wildman–Crippen LogP) is 4.38. The van der Waals surface area contributed by atoms with Gasteiger partial charge >= 0.3 is 24.3 Å². The molecule has 2 amide bonds. The Hall–Kier alpha value is -4.97. The topological polar surface area (TPSA) is 187 Å². The van der Waals surface area contributed by atoms with Crippen LogP contribution < -0.4 is 20.9 Å². The summed E-state index contributed by atoms with van der Waals surface area (Å²) < 4.78 is 69.5. The maximum absolute atomic E-state index is 12.9. The number of aryl methyl sites for hydroxylation is 1. The smallest absolute Gasteiger partial charge is 0.489 e. The van der Waals surface area contributed by atoms with Crippen molar-refractivity contribution in [2.75, 3.05) is 13.1 Å². The number of hydrogen-bond donors (Lipinski definition) is 6. The quantitative estimate of drug-likeness (QED) is 0.113. The van der Waals surface area contributed by atoms with Crippen LogP contribution in [0.4, 0.5) is 26.3 Å². The number of carboxylic acids is 2. The number of pyridine rings is 1.